The first-order valence-corrected chi connectivity index (χ1v) is 13.7. The van der Waals surface area contributed by atoms with Crippen LogP contribution in [0.2, 0.25) is 0 Å². The van der Waals surface area contributed by atoms with Gasteiger partial charge in [-0.25, -0.2) is 0 Å². The lowest BCUT2D eigenvalue weighted by atomic mass is 9.95. The predicted octanol–water partition coefficient (Wildman–Crippen LogP) is 2.95. The number of piperidine rings is 1. The van der Waals surface area contributed by atoms with E-state index in [-0.39, 0.29) is 66.2 Å². The molecular weight excluding hydrogens is 456 g/mol. The fourth-order valence-corrected chi connectivity index (χ4v) is 4.77. The minimum atomic E-state index is -0.651. The number of aliphatic hydroxyl groups excluding tert-OH is 1. The largest absolute Gasteiger partial charge is 0.394 e. The zero-order valence-electron chi connectivity index (χ0n) is 24.3. The van der Waals surface area contributed by atoms with Crippen LogP contribution < -0.4 is 10.6 Å². The maximum atomic E-state index is 13.7. The lowest BCUT2D eigenvalue weighted by Crippen LogP contribution is -2.58. The van der Waals surface area contributed by atoms with Crippen LogP contribution >= 0.6 is 0 Å². The highest BCUT2D eigenvalue weighted by Gasteiger charge is 2.36. The molecule has 1 saturated heterocycles. The van der Waals surface area contributed by atoms with Gasteiger partial charge in [0.1, 0.15) is 6.04 Å². The van der Waals surface area contributed by atoms with Gasteiger partial charge in [-0.05, 0) is 57.9 Å². The molecule has 1 aliphatic rings. The normalized spacial score (nSPS) is 20.0. The number of likely N-dealkylation sites (N-methyl/N-ethyl adjacent to an activating group) is 1. The van der Waals surface area contributed by atoms with Gasteiger partial charge in [0.25, 0.3) is 0 Å². The molecule has 0 aromatic carbocycles. The minimum absolute atomic E-state index is 0.0544. The van der Waals surface area contributed by atoms with Crippen molar-refractivity contribution in [3.63, 3.8) is 0 Å². The second-order valence-electron chi connectivity index (χ2n) is 11.6. The molecule has 3 N–H and O–H groups in total. The van der Waals surface area contributed by atoms with Gasteiger partial charge in [-0.15, -0.1) is 0 Å². The minimum Gasteiger partial charge on any atom is -0.394 e. The van der Waals surface area contributed by atoms with Crippen LogP contribution in [0.25, 0.3) is 0 Å². The molecule has 8 heteroatoms. The summed E-state index contributed by atoms with van der Waals surface area (Å²) in [5.41, 5.74) is 0.493. The first kappa shape index (κ1) is 32.1. The van der Waals surface area contributed by atoms with E-state index in [9.17, 15) is 19.5 Å². The Kier molecular flexibility index (Phi) is 13.1. The summed E-state index contributed by atoms with van der Waals surface area (Å²) in [5, 5.41) is 15.5. The molecule has 8 nitrogen and oxygen atoms in total. The van der Waals surface area contributed by atoms with Crippen LogP contribution in [0.3, 0.4) is 0 Å². The van der Waals surface area contributed by atoms with E-state index in [1.165, 1.54) is 0 Å². The molecule has 36 heavy (non-hydrogen) atoms. The molecule has 0 aliphatic carbocycles. The van der Waals surface area contributed by atoms with Gasteiger partial charge in [-0.1, -0.05) is 54.0 Å². The zero-order valence-corrected chi connectivity index (χ0v) is 24.3. The lowest BCUT2D eigenvalue weighted by Gasteiger charge is -2.39. The Morgan fingerprint density at radius 2 is 1.58 bits per heavy atom. The Morgan fingerprint density at radius 3 is 2.06 bits per heavy atom. The molecule has 0 aromatic rings. The van der Waals surface area contributed by atoms with Crippen LogP contribution in [0, 0.1) is 17.8 Å². The third-order valence-electron chi connectivity index (χ3n) is 7.32. The number of likely N-dealkylation sites (tertiary alicyclic amines) is 1. The van der Waals surface area contributed by atoms with E-state index in [1.807, 2.05) is 47.6 Å². The smallest absolute Gasteiger partial charge is 0.246 e. The molecule has 1 rings (SSSR count). The van der Waals surface area contributed by atoms with Crippen LogP contribution in [0.5, 0.6) is 0 Å². The number of rotatable bonds is 12. The second kappa shape index (κ2) is 14.7. The third-order valence-corrected chi connectivity index (χ3v) is 7.32. The number of carbonyl (C=O) groups excluding carboxylic acids is 3. The molecule has 3 amide bonds. The van der Waals surface area contributed by atoms with Gasteiger partial charge in [0.15, 0.2) is 0 Å². The van der Waals surface area contributed by atoms with Crippen molar-refractivity contribution in [2.24, 2.45) is 17.8 Å². The highest BCUT2D eigenvalue weighted by Crippen LogP contribution is 2.21. The number of hydrogen-bond acceptors (Lipinski definition) is 5. The van der Waals surface area contributed by atoms with Crippen LogP contribution in [0.15, 0.2) is 11.6 Å². The number of hydrogen-bond donors (Lipinski definition) is 3. The fraction of sp³-hybridized carbons (Fsp3) is 0.821. The quantitative estimate of drug-likeness (QED) is 0.352. The van der Waals surface area contributed by atoms with E-state index in [1.54, 1.807) is 18.9 Å². The van der Waals surface area contributed by atoms with Crippen molar-refractivity contribution in [2.45, 2.75) is 112 Å². The summed E-state index contributed by atoms with van der Waals surface area (Å²) in [6, 6.07) is -1.26. The summed E-state index contributed by atoms with van der Waals surface area (Å²) in [7, 11) is 1.74. The number of nitrogens with zero attached hydrogens (tertiary/aromatic N) is 2. The van der Waals surface area contributed by atoms with E-state index >= 15 is 0 Å². The zero-order chi connectivity index (χ0) is 27.7. The molecule has 0 spiro atoms. The molecule has 208 valence electrons. The van der Waals surface area contributed by atoms with Crippen molar-refractivity contribution < 1.29 is 19.5 Å². The van der Waals surface area contributed by atoms with Crippen molar-refractivity contribution >= 4 is 17.7 Å². The number of carbonyl (C=O) groups is 3. The average Bonchev–Trinajstić information content (AvgIpc) is 2.82. The molecule has 1 aliphatic heterocycles. The van der Waals surface area contributed by atoms with E-state index in [0.717, 1.165) is 25.8 Å². The van der Waals surface area contributed by atoms with Crippen LogP contribution in [0.1, 0.15) is 81.6 Å². The number of amides is 3. The molecular formula is C28H52N4O4. The average molecular weight is 509 g/mol. The monoisotopic (exact) mass is 508 g/mol. The molecule has 0 aromatic heterocycles. The lowest BCUT2D eigenvalue weighted by molar-refractivity contribution is -0.140. The van der Waals surface area contributed by atoms with Crippen molar-refractivity contribution in [1.82, 2.24) is 20.4 Å². The van der Waals surface area contributed by atoms with Crippen molar-refractivity contribution in [3.8, 4) is 0 Å². The first-order valence-electron chi connectivity index (χ1n) is 13.7. The highest BCUT2D eigenvalue weighted by atomic mass is 16.3. The molecule has 0 saturated carbocycles. The first-order chi connectivity index (χ1) is 16.7. The molecule has 0 unspecified atom stereocenters. The van der Waals surface area contributed by atoms with E-state index in [4.69, 9.17) is 0 Å². The van der Waals surface area contributed by atoms with E-state index in [2.05, 4.69) is 29.4 Å². The molecule has 1 heterocycles. The number of nitrogens with one attached hydrogen (secondary N) is 2. The Morgan fingerprint density at radius 1 is 0.972 bits per heavy atom. The molecule has 4 atom stereocenters. The summed E-state index contributed by atoms with van der Waals surface area (Å²) in [5.74, 6) is -0.433. The highest BCUT2D eigenvalue weighted by molar-refractivity contribution is 5.93. The fourth-order valence-electron chi connectivity index (χ4n) is 4.77. The van der Waals surface area contributed by atoms with Gasteiger partial charge in [-0.3, -0.25) is 19.3 Å². The molecule has 1 fully saturated rings. The van der Waals surface area contributed by atoms with Gasteiger partial charge in [0, 0.05) is 18.7 Å². The predicted molar refractivity (Wildman–Crippen MR) is 145 cm³/mol. The van der Waals surface area contributed by atoms with Gasteiger partial charge >= 0.3 is 0 Å². The van der Waals surface area contributed by atoms with Crippen molar-refractivity contribution in [1.29, 1.82) is 0 Å². The summed E-state index contributed by atoms with van der Waals surface area (Å²) < 4.78 is 0. The van der Waals surface area contributed by atoms with E-state index in [0.29, 0.717) is 5.57 Å². The van der Waals surface area contributed by atoms with Crippen molar-refractivity contribution in [3.05, 3.63) is 11.6 Å². The Bertz CT molecular complexity index is 763. The van der Waals surface area contributed by atoms with Gasteiger partial charge in [-0.2, -0.15) is 0 Å². The maximum absolute atomic E-state index is 13.7. The second-order valence-corrected chi connectivity index (χ2v) is 11.6. The summed E-state index contributed by atoms with van der Waals surface area (Å²) in [6.07, 6.45) is 4.71. The number of aliphatic hydroxyl groups is 1. The van der Waals surface area contributed by atoms with E-state index < -0.39 is 6.04 Å². The summed E-state index contributed by atoms with van der Waals surface area (Å²) in [6.45, 7) is 18.5. The third kappa shape index (κ3) is 8.87. The van der Waals surface area contributed by atoms with Gasteiger partial charge < -0.3 is 20.6 Å². The SMILES string of the molecule is C/C(=C\[C@H](C(C)C)N(C)C(=O)[C@@H](NC(=O)[C@H]1CCCCN1C(C)C)C(C)C)C(=O)N[C@H](CO)C(C)C. The Balaban J connectivity index is 3.07. The Labute approximate surface area is 219 Å². The maximum Gasteiger partial charge on any atom is 0.246 e. The van der Waals surface area contributed by atoms with Crippen LogP contribution in [-0.2, 0) is 14.4 Å². The van der Waals surface area contributed by atoms with Gasteiger partial charge in [0.2, 0.25) is 17.7 Å². The standard InChI is InChI=1S/C28H52N4O4/c1-17(2)22(16-33)29-26(34)21(9)15-24(18(3)4)31(10)28(36)25(19(5)6)30-27(35)23-13-11-12-14-32(23)20(7)8/h15,17-20,22-25,33H,11-14,16H2,1-10H3,(H,29,34)(H,30,35)/b21-15+/t22-,23-,24-,25+/m1/s1. The van der Waals surface area contributed by atoms with Gasteiger partial charge in [0.05, 0.1) is 24.7 Å². The summed E-state index contributed by atoms with van der Waals surface area (Å²) in [4.78, 5) is 43.6. The van der Waals surface area contributed by atoms with Crippen molar-refractivity contribution in [2.75, 3.05) is 20.2 Å². The topological polar surface area (TPSA) is 102 Å². The summed E-state index contributed by atoms with van der Waals surface area (Å²) >= 11 is 0. The van der Waals surface area contributed by atoms with Crippen LogP contribution in [0.4, 0.5) is 0 Å². The Hall–Kier alpha value is -1.93. The molecule has 0 radical (unpaired) electrons. The molecule has 0 bridgehead atoms. The van der Waals surface area contributed by atoms with Crippen LogP contribution in [-0.4, -0.2) is 83.0 Å².